The highest BCUT2D eigenvalue weighted by atomic mass is 16.6. The number of rotatable bonds is 4. The molecule has 3 fully saturated rings. The molecule has 1 spiro atoms. The molecule has 2 heterocycles. The van der Waals surface area contributed by atoms with E-state index in [2.05, 4.69) is 17.5 Å². The van der Waals surface area contributed by atoms with E-state index < -0.39 is 11.0 Å². The first-order valence-electron chi connectivity index (χ1n) is 11.2. The highest BCUT2D eigenvalue weighted by Crippen LogP contribution is 2.66. The summed E-state index contributed by atoms with van der Waals surface area (Å²) in [6, 6.07) is 4.09. The van der Waals surface area contributed by atoms with Gasteiger partial charge in [-0.3, -0.25) is 9.69 Å². The Morgan fingerprint density at radius 1 is 1.38 bits per heavy atom. The van der Waals surface area contributed by atoms with Gasteiger partial charge < -0.3 is 14.6 Å². The van der Waals surface area contributed by atoms with Gasteiger partial charge in [-0.25, -0.2) is 0 Å². The lowest BCUT2D eigenvalue weighted by molar-refractivity contribution is -0.174. The molecule has 0 unspecified atom stereocenters. The molecule has 6 rings (SSSR count). The minimum atomic E-state index is -0.822. The van der Waals surface area contributed by atoms with E-state index in [1.165, 1.54) is 18.4 Å². The van der Waals surface area contributed by atoms with Crippen LogP contribution in [0.1, 0.15) is 56.6 Å². The first-order valence-corrected chi connectivity index (χ1v) is 11.2. The Kier molecular flexibility index (Phi) is 3.63. The first-order chi connectivity index (χ1) is 14.0. The number of hydrogen-bond donors (Lipinski definition) is 1. The fourth-order valence-electron chi connectivity index (χ4n) is 6.66. The van der Waals surface area contributed by atoms with Crippen molar-refractivity contribution in [3.63, 3.8) is 0 Å². The van der Waals surface area contributed by atoms with Crippen molar-refractivity contribution in [2.45, 2.75) is 75.0 Å². The molecule has 0 radical (unpaired) electrons. The Hall–Kier alpha value is -1.85. The molecule has 5 heteroatoms. The lowest BCUT2D eigenvalue weighted by Gasteiger charge is -2.63. The van der Waals surface area contributed by atoms with E-state index in [-0.39, 0.29) is 18.1 Å². The number of aliphatic hydroxyl groups is 1. The lowest BCUT2D eigenvalue weighted by Crippen LogP contribution is -2.75. The van der Waals surface area contributed by atoms with Crippen molar-refractivity contribution in [3.05, 3.63) is 35.4 Å². The number of esters is 1. The van der Waals surface area contributed by atoms with Gasteiger partial charge in [0.25, 0.3) is 0 Å². The van der Waals surface area contributed by atoms with Gasteiger partial charge in [0.2, 0.25) is 0 Å². The molecule has 0 amide bonds. The third kappa shape index (κ3) is 2.21. The predicted molar refractivity (Wildman–Crippen MR) is 108 cm³/mol. The second-order valence-corrected chi connectivity index (χ2v) is 9.71. The minimum Gasteiger partial charge on any atom is -0.481 e. The van der Waals surface area contributed by atoms with E-state index >= 15 is 0 Å². The number of piperidine rings is 1. The molecular weight excluding hydrogens is 366 g/mol. The number of carbonyl (C=O) groups is 1. The Morgan fingerprint density at radius 2 is 2.21 bits per heavy atom. The third-order valence-corrected chi connectivity index (χ3v) is 8.21. The van der Waals surface area contributed by atoms with Crippen LogP contribution in [-0.4, -0.2) is 46.8 Å². The van der Waals surface area contributed by atoms with Crippen molar-refractivity contribution in [1.82, 2.24) is 4.90 Å². The average molecular weight is 395 g/mol. The molecule has 1 saturated heterocycles. The zero-order chi connectivity index (χ0) is 20.0. The summed E-state index contributed by atoms with van der Waals surface area (Å²) in [4.78, 5) is 14.6. The van der Waals surface area contributed by atoms with E-state index in [9.17, 15) is 9.90 Å². The maximum absolute atomic E-state index is 12.3. The van der Waals surface area contributed by atoms with Gasteiger partial charge in [0.1, 0.15) is 6.10 Å². The maximum Gasteiger partial charge on any atom is 0.311 e. The third-order valence-electron chi connectivity index (χ3n) is 8.21. The number of carbonyl (C=O) groups excluding carboxylic acids is 1. The average Bonchev–Trinajstić information content (AvgIpc) is 3.45. The molecule has 29 heavy (non-hydrogen) atoms. The molecule has 1 aromatic rings. The summed E-state index contributed by atoms with van der Waals surface area (Å²) < 4.78 is 12.1. The fraction of sp³-hybridized carbons (Fsp3) is 0.625. The number of ether oxygens (including phenoxy) is 2. The molecular formula is C24H29NO4. The van der Waals surface area contributed by atoms with Gasteiger partial charge in [-0.05, 0) is 68.2 Å². The second kappa shape index (κ2) is 5.86. The predicted octanol–water partition coefficient (Wildman–Crippen LogP) is 3.12. The van der Waals surface area contributed by atoms with Crippen molar-refractivity contribution in [3.8, 4) is 11.5 Å². The summed E-state index contributed by atoms with van der Waals surface area (Å²) >= 11 is 0. The largest absolute Gasteiger partial charge is 0.481 e. The molecule has 3 aliphatic carbocycles. The van der Waals surface area contributed by atoms with Crippen LogP contribution in [0.3, 0.4) is 0 Å². The van der Waals surface area contributed by atoms with Crippen LogP contribution >= 0.6 is 0 Å². The van der Waals surface area contributed by atoms with E-state index in [1.54, 1.807) is 6.92 Å². The monoisotopic (exact) mass is 395 g/mol. The summed E-state index contributed by atoms with van der Waals surface area (Å²) in [5.41, 5.74) is 2.10. The van der Waals surface area contributed by atoms with Crippen LogP contribution in [0.4, 0.5) is 0 Å². The molecule has 0 aromatic heterocycles. The van der Waals surface area contributed by atoms with Crippen molar-refractivity contribution >= 4 is 5.97 Å². The van der Waals surface area contributed by atoms with Gasteiger partial charge in [0.15, 0.2) is 11.5 Å². The van der Waals surface area contributed by atoms with Crippen molar-refractivity contribution in [2.75, 3.05) is 13.1 Å². The standard InChI is InChI=1S/C24H29NO4/c1-3-19(26)28-17-7-6-16-12-18-24(27)9-8-14(2)22-23(24,20(16)21(17)29-22)10-11-25(18)13-15-4-5-15/h6-7,15,18,22,27H,2-5,8-13H2,1H3/t18-,22+,23+,24-/m1/s1. The molecule has 1 N–H and O–H groups in total. The minimum absolute atomic E-state index is 0.124. The van der Waals surface area contributed by atoms with Gasteiger partial charge in [-0.2, -0.15) is 0 Å². The highest BCUT2D eigenvalue weighted by Gasteiger charge is 2.72. The van der Waals surface area contributed by atoms with Crippen molar-refractivity contribution < 1.29 is 19.4 Å². The molecule has 2 saturated carbocycles. The van der Waals surface area contributed by atoms with Crippen LogP contribution in [0, 0.1) is 5.92 Å². The first kappa shape index (κ1) is 18.0. The van der Waals surface area contributed by atoms with Crippen LogP contribution < -0.4 is 9.47 Å². The van der Waals surface area contributed by atoms with E-state index in [4.69, 9.17) is 9.47 Å². The summed E-state index contributed by atoms with van der Waals surface area (Å²) in [6.45, 7) is 8.20. The smallest absolute Gasteiger partial charge is 0.311 e. The number of likely N-dealkylation sites (tertiary alicyclic amines) is 1. The highest BCUT2D eigenvalue weighted by molar-refractivity contribution is 5.74. The molecule has 154 valence electrons. The molecule has 5 nitrogen and oxygen atoms in total. The maximum atomic E-state index is 12.3. The van der Waals surface area contributed by atoms with Crippen LogP contribution in [0.5, 0.6) is 11.5 Å². The van der Waals surface area contributed by atoms with Crippen molar-refractivity contribution in [2.24, 2.45) is 5.92 Å². The molecule has 2 aliphatic heterocycles. The Balaban J connectivity index is 1.52. The molecule has 4 atom stereocenters. The Labute approximate surface area is 171 Å². The SMILES string of the molecule is C=C1CC[C@@]2(O)[C@H]3Cc4ccc(OC(=O)CC)c5c4[C@@]2(CCN3CC2CC2)[C@H]1O5. The van der Waals surface area contributed by atoms with Crippen LogP contribution in [0.15, 0.2) is 24.3 Å². The normalized spacial score (nSPS) is 37.1. The summed E-state index contributed by atoms with van der Waals surface area (Å²) in [5, 5.41) is 12.3. The lowest BCUT2D eigenvalue weighted by atomic mass is 9.48. The Bertz CT molecular complexity index is 922. The molecule has 5 aliphatic rings. The summed E-state index contributed by atoms with van der Waals surface area (Å²) in [6.07, 6.45) is 5.94. The van der Waals surface area contributed by atoms with Gasteiger partial charge in [-0.1, -0.05) is 19.6 Å². The summed E-state index contributed by atoms with van der Waals surface area (Å²) in [5.74, 6) is 1.70. The molecule has 2 bridgehead atoms. The topological polar surface area (TPSA) is 59.0 Å². The Morgan fingerprint density at radius 3 is 2.97 bits per heavy atom. The van der Waals surface area contributed by atoms with Crippen molar-refractivity contribution in [1.29, 1.82) is 0 Å². The van der Waals surface area contributed by atoms with E-state index in [0.29, 0.717) is 17.9 Å². The van der Waals surface area contributed by atoms with Gasteiger partial charge in [0.05, 0.1) is 11.0 Å². The van der Waals surface area contributed by atoms with Gasteiger partial charge in [-0.15, -0.1) is 0 Å². The summed E-state index contributed by atoms with van der Waals surface area (Å²) in [7, 11) is 0. The van der Waals surface area contributed by atoms with Crippen LogP contribution in [-0.2, 0) is 16.6 Å². The zero-order valence-corrected chi connectivity index (χ0v) is 17.1. The number of benzene rings is 1. The van der Waals surface area contributed by atoms with E-state index in [0.717, 1.165) is 55.8 Å². The quantitative estimate of drug-likeness (QED) is 0.482. The van der Waals surface area contributed by atoms with E-state index in [1.807, 2.05) is 6.07 Å². The molecule has 1 aromatic carbocycles. The van der Waals surface area contributed by atoms with Crippen LogP contribution in [0.25, 0.3) is 0 Å². The number of hydrogen-bond acceptors (Lipinski definition) is 5. The van der Waals surface area contributed by atoms with Crippen LogP contribution in [0.2, 0.25) is 0 Å². The zero-order valence-electron chi connectivity index (χ0n) is 17.1. The van der Waals surface area contributed by atoms with Gasteiger partial charge in [0, 0.05) is 24.6 Å². The fourth-order valence-corrected chi connectivity index (χ4v) is 6.66. The second-order valence-electron chi connectivity index (χ2n) is 9.71. The van der Waals surface area contributed by atoms with Gasteiger partial charge >= 0.3 is 5.97 Å². The number of nitrogens with zero attached hydrogens (tertiary/aromatic N) is 1.